The number of rotatable bonds is 7. The number of thiazole rings is 1. The van der Waals surface area contributed by atoms with E-state index in [1.165, 1.54) is 23.1 Å². The number of ether oxygens (including phenoxy) is 1. The molecular formula is C23H19N3O3S2. The first-order chi connectivity index (χ1) is 15.1. The van der Waals surface area contributed by atoms with Gasteiger partial charge in [0, 0.05) is 16.1 Å². The summed E-state index contributed by atoms with van der Waals surface area (Å²) in [6.07, 6.45) is 0. The van der Waals surface area contributed by atoms with Crippen molar-refractivity contribution in [3.05, 3.63) is 78.4 Å². The van der Waals surface area contributed by atoms with E-state index >= 15 is 0 Å². The molecule has 156 valence electrons. The minimum absolute atomic E-state index is 0.130. The maximum absolute atomic E-state index is 12.5. The first-order valence-corrected chi connectivity index (χ1v) is 11.2. The molecule has 2 amide bonds. The maximum atomic E-state index is 12.5. The van der Waals surface area contributed by atoms with E-state index in [0.29, 0.717) is 22.1 Å². The van der Waals surface area contributed by atoms with Crippen LogP contribution in [0.25, 0.3) is 10.2 Å². The van der Waals surface area contributed by atoms with Gasteiger partial charge in [0.2, 0.25) is 5.91 Å². The number of thioether (sulfide) groups is 1. The van der Waals surface area contributed by atoms with Crippen LogP contribution in [-0.4, -0.2) is 29.7 Å². The first kappa shape index (κ1) is 20.9. The van der Waals surface area contributed by atoms with Gasteiger partial charge < -0.3 is 15.4 Å². The molecule has 0 aliphatic heterocycles. The number of anilines is 2. The van der Waals surface area contributed by atoms with E-state index in [1.807, 2.05) is 48.5 Å². The van der Waals surface area contributed by atoms with Crippen LogP contribution in [0, 0.1) is 0 Å². The minimum Gasteiger partial charge on any atom is -0.497 e. The molecule has 0 fully saturated rings. The average molecular weight is 450 g/mol. The summed E-state index contributed by atoms with van der Waals surface area (Å²) in [4.78, 5) is 30.1. The molecule has 0 saturated heterocycles. The third-order valence-electron chi connectivity index (χ3n) is 4.33. The molecule has 6 nitrogen and oxygen atoms in total. The van der Waals surface area contributed by atoms with E-state index in [4.69, 9.17) is 4.74 Å². The molecule has 1 heterocycles. The molecule has 0 spiro atoms. The second kappa shape index (κ2) is 9.63. The Balaban J connectivity index is 1.34. The van der Waals surface area contributed by atoms with E-state index in [2.05, 4.69) is 15.6 Å². The van der Waals surface area contributed by atoms with Crippen LogP contribution >= 0.6 is 23.1 Å². The standard InChI is InChI=1S/C23H19N3O3S2/c1-29-17-8-4-6-15(12-17)22(28)24-16-7-5-9-18(13-16)30-14-21(27)26-23-25-19-10-2-3-11-20(19)31-23/h2-13H,14H2,1H3,(H,24,28)(H,25,26,27). The van der Waals surface area contributed by atoms with Crippen molar-refractivity contribution >= 4 is 55.9 Å². The summed E-state index contributed by atoms with van der Waals surface area (Å²) in [7, 11) is 1.56. The summed E-state index contributed by atoms with van der Waals surface area (Å²) < 4.78 is 6.20. The quantitative estimate of drug-likeness (QED) is 0.375. The smallest absolute Gasteiger partial charge is 0.255 e. The summed E-state index contributed by atoms with van der Waals surface area (Å²) in [5.74, 6) is 0.504. The van der Waals surface area contributed by atoms with Crippen molar-refractivity contribution in [3.63, 3.8) is 0 Å². The molecule has 8 heteroatoms. The first-order valence-electron chi connectivity index (χ1n) is 9.44. The van der Waals surface area contributed by atoms with E-state index in [9.17, 15) is 9.59 Å². The summed E-state index contributed by atoms with van der Waals surface area (Å²) >= 11 is 2.84. The lowest BCUT2D eigenvalue weighted by atomic mass is 10.2. The van der Waals surface area contributed by atoms with Crippen molar-refractivity contribution in [2.75, 3.05) is 23.5 Å². The van der Waals surface area contributed by atoms with Crippen LogP contribution in [0.5, 0.6) is 5.75 Å². The lowest BCUT2D eigenvalue weighted by Gasteiger charge is -2.08. The number of carbonyl (C=O) groups excluding carboxylic acids is 2. The Morgan fingerprint density at radius 2 is 1.84 bits per heavy atom. The number of nitrogens with zero attached hydrogens (tertiary/aromatic N) is 1. The van der Waals surface area contributed by atoms with Crippen molar-refractivity contribution < 1.29 is 14.3 Å². The van der Waals surface area contributed by atoms with Crippen LogP contribution in [-0.2, 0) is 4.79 Å². The zero-order valence-electron chi connectivity index (χ0n) is 16.6. The van der Waals surface area contributed by atoms with Crippen molar-refractivity contribution in [3.8, 4) is 5.75 Å². The fraction of sp³-hybridized carbons (Fsp3) is 0.0870. The largest absolute Gasteiger partial charge is 0.497 e. The molecule has 31 heavy (non-hydrogen) atoms. The van der Waals surface area contributed by atoms with Gasteiger partial charge in [0.15, 0.2) is 5.13 Å². The summed E-state index contributed by atoms with van der Waals surface area (Å²) in [5.41, 5.74) is 2.03. The Labute approximate surface area is 187 Å². The normalized spacial score (nSPS) is 10.6. The molecule has 0 aliphatic rings. The van der Waals surface area contributed by atoms with Crippen molar-refractivity contribution in [1.82, 2.24) is 4.98 Å². The van der Waals surface area contributed by atoms with Gasteiger partial charge >= 0.3 is 0 Å². The van der Waals surface area contributed by atoms with E-state index in [0.717, 1.165) is 15.1 Å². The number of nitrogens with one attached hydrogen (secondary N) is 2. The highest BCUT2D eigenvalue weighted by Gasteiger charge is 2.10. The zero-order chi connectivity index (χ0) is 21.6. The molecule has 0 saturated carbocycles. The summed E-state index contributed by atoms with van der Waals surface area (Å²) in [6.45, 7) is 0. The molecule has 0 atom stereocenters. The molecule has 0 radical (unpaired) electrons. The monoisotopic (exact) mass is 449 g/mol. The fourth-order valence-electron chi connectivity index (χ4n) is 2.86. The number of fused-ring (bicyclic) bond motifs is 1. The van der Waals surface area contributed by atoms with Gasteiger partial charge in [-0.25, -0.2) is 4.98 Å². The van der Waals surface area contributed by atoms with Crippen molar-refractivity contribution in [1.29, 1.82) is 0 Å². The Bertz CT molecular complexity index is 1210. The van der Waals surface area contributed by atoms with Crippen LogP contribution in [0.4, 0.5) is 10.8 Å². The van der Waals surface area contributed by atoms with Crippen LogP contribution in [0.1, 0.15) is 10.4 Å². The lowest BCUT2D eigenvalue weighted by Crippen LogP contribution is -2.14. The predicted molar refractivity (Wildman–Crippen MR) is 126 cm³/mol. The predicted octanol–water partition coefficient (Wildman–Crippen LogP) is 5.29. The van der Waals surface area contributed by atoms with Gasteiger partial charge in [0.25, 0.3) is 5.91 Å². The zero-order valence-corrected chi connectivity index (χ0v) is 18.3. The number of carbonyl (C=O) groups is 2. The van der Waals surface area contributed by atoms with Crippen LogP contribution < -0.4 is 15.4 Å². The number of amides is 2. The van der Waals surface area contributed by atoms with Gasteiger partial charge in [0.1, 0.15) is 5.75 Å². The number of methoxy groups -OCH3 is 1. The Morgan fingerprint density at radius 1 is 1.00 bits per heavy atom. The highest BCUT2D eigenvalue weighted by Crippen LogP contribution is 2.26. The van der Waals surface area contributed by atoms with Gasteiger partial charge in [-0.2, -0.15) is 0 Å². The molecule has 4 aromatic rings. The Morgan fingerprint density at radius 3 is 2.68 bits per heavy atom. The third-order valence-corrected chi connectivity index (χ3v) is 6.28. The van der Waals surface area contributed by atoms with Crippen molar-refractivity contribution in [2.45, 2.75) is 4.90 Å². The maximum Gasteiger partial charge on any atom is 0.255 e. The van der Waals surface area contributed by atoms with Crippen LogP contribution in [0.3, 0.4) is 0 Å². The minimum atomic E-state index is -0.227. The van der Waals surface area contributed by atoms with E-state index in [1.54, 1.807) is 31.4 Å². The van der Waals surface area contributed by atoms with Gasteiger partial charge in [-0.15, -0.1) is 11.8 Å². The van der Waals surface area contributed by atoms with Gasteiger partial charge in [0.05, 0.1) is 23.1 Å². The second-order valence-corrected chi connectivity index (χ2v) is 8.62. The highest BCUT2D eigenvalue weighted by molar-refractivity contribution is 8.00. The molecular weight excluding hydrogens is 430 g/mol. The topological polar surface area (TPSA) is 80.3 Å². The van der Waals surface area contributed by atoms with Gasteiger partial charge in [-0.3, -0.25) is 9.59 Å². The third kappa shape index (κ3) is 5.42. The number of para-hydroxylation sites is 1. The molecule has 4 rings (SSSR count). The number of hydrogen-bond acceptors (Lipinski definition) is 6. The van der Waals surface area contributed by atoms with Gasteiger partial charge in [-0.1, -0.05) is 35.6 Å². The van der Waals surface area contributed by atoms with Crippen molar-refractivity contribution in [2.24, 2.45) is 0 Å². The van der Waals surface area contributed by atoms with E-state index in [-0.39, 0.29) is 17.6 Å². The number of hydrogen-bond donors (Lipinski definition) is 2. The average Bonchev–Trinajstić information content (AvgIpc) is 3.20. The second-order valence-electron chi connectivity index (χ2n) is 6.54. The highest BCUT2D eigenvalue weighted by atomic mass is 32.2. The molecule has 0 bridgehead atoms. The SMILES string of the molecule is COc1cccc(C(=O)Nc2cccc(SCC(=O)Nc3nc4ccccc4s3)c2)c1. The number of aromatic nitrogens is 1. The summed E-state index contributed by atoms with van der Waals surface area (Å²) in [5, 5.41) is 6.31. The molecule has 0 aliphatic carbocycles. The lowest BCUT2D eigenvalue weighted by molar-refractivity contribution is -0.113. The number of benzene rings is 3. The van der Waals surface area contributed by atoms with Crippen LogP contribution in [0.2, 0.25) is 0 Å². The molecule has 2 N–H and O–H groups in total. The Hall–Kier alpha value is -3.36. The Kier molecular flexibility index (Phi) is 6.49. The van der Waals surface area contributed by atoms with Gasteiger partial charge in [-0.05, 0) is 48.5 Å². The molecule has 3 aromatic carbocycles. The molecule has 0 unspecified atom stereocenters. The van der Waals surface area contributed by atoms with E-state index < -0.39 is 0 Å². The fourth-order valence-corrected chi connectivity index (χ4v) is 4.50. The summed E-state index contributed by atoms with van der Waals surface area (Å²) in [6, 6.07) is 22.1. The van der Waals surface area contributed by atoms with Crippen LogP contribution in [0.15, 0.2) is 77.7 Å². The molecule has 1 aromatic heterocycles.